The average molecular weight is 430 g/mol. The molecule has 0 bridgehead atoms. The SMILES string of the molecule is CNC(=O)[C@@]1(Cc2ccc(-c3ccccc3OC)cc2)CCN(C(=O)c2ccccn2)C1. The minimum Gasteiger partial charge on any atom is -0.496 e. The van der Waals surface area contributed by atoms with E-state index in [0.29, 0.717) is 31.6 Å². The molecule has 6 nitrogen and oxygen atoms in total. The number of rotatable bonds is 6. The Morgan fingerprint density at radius 3 is 2.50 bits per heavy atom. The van der Waals surface area contributed by atoms with E-state index in [1.165, 1.54) is 0 Å². The molecule has 6 heteroatoms. The Bertz CT molecular complexity index is 1100. The maximum absolute atomic E-state index is 12.9. The number of likely N-dealkylation sites (tertiary alicyclic amines) is 1. The van der Waals surface area contributed by atoms with E-state index in [2.05, 4.69) is 34.6 Å². The second kappa shape index (κ2) is 9.22. The molecule has 32 heavy (non-hydrogen) atoms. The smallest absolute Gasteiger partial charge is 0.272 e. The number of para-hydroxylation sites is 1. The topological polar surface area (TPSA) is 71.5 Å². The number of benzene rings is 2. The van der Waals surface area contributed by atoms with Gasteiger partial charge in [-0.15, -0.1) is 0 Å². The number of carbonyl (C=O) groups excluding carboxylic acids is 2. The number of pyridine rings is 1. The van der Waals surface area contributed by atoms with E-state index < -0.39 is 5.41 Å². The normalized spacial score (nSPS) is 17.8. The summed E-state index contributed by atoms with van der Waals surface area (Å²) in [5.74, 6) is 0.645. The Balaban J connectivity index is 1.55. The van der Waals surface area contributed by atoms with Crippen molar-refractivity contribution >= 4 is 11.8 Å². The molecule has 2 aromatic carbocycles. The molecule has 1 saturated heterocycles. The van der Waals surface area contributed by atoms with Crippen molar-refractivity contribution in [2.75, 3.05) is 27.2 Å². The van der Waals surface area contributed by atoms with Crippen LogP contribution in [0.3, 0.4) is 0 Å². The molecule has 3 aromatic rings. The molecule has 0 saturated carbocycles. The third-order valence-electron chi connectivity index (χ3n) is 6.15. The first kappa shape index (κ1) is 21.6. The van der Waals surface area contributed by atoms with Crippen molar-refractivity contribution < 1.29 is 14.3 Å². The van der Waals surface area contributed by atoms with E-state index >= 15 is 0 Å². The number of methoxy groups -OCH3 is 1. The Labute approximate surface area is 188 Å². The molecule has 1 N–H and O–H groups in total. The fourth-order valence-electron chi connectivity index (χ4n) is 4.45. The van der Waals surface area contributed by atoms with Crippen molar-refractivity contribution in [1.82, 2.24) is 15.2 Å². The summed E-state index contributed by atoms with van der Waals surface area (Å²) in [6.45, 7) is 0.901. The van der Waals surface area contributed by atoms with Gasteiger partial charge in [-0.2, -0.15) is 0 Å². The highest BCUT2D eigenvalue weighted by molar-refractivity contribution is 5.93. The maximum atomic E-state index is 12.9. The van der Waals surface area contributed by atoms with Crippen LogP contribution in [0.2, 0.25) is 0 Å². The van der Waals surface area contributed by atoms with Gasteiger partial charge in [-0.05, 0) is 42.2 Å². The number of ether oxygens (including phenoxy) is 1. The van der Waals surface area contributed by atoms with E-state index in [0.717, 1.165) is 22.4 Å². The number of nitrogens with one attached hydrogen (secondary N) is 1. The van der Waals surface area contributed by atoms with Gasteiger partial charge in [0, 0.05) is 31.9 Å². The second-order valence-corrected chi connectivity index (χ2v) is 8.13. The third-order valence-corrected chi connectivity index (χ3v) is 6.15. The zero-order valence-electron chi connectivity index (χ0n) is 18.4. The fraction of sp³-hybridized carbons (Fsp3) is 0.269. The van der Waals surface area contributed by atoms with E-state index in [9.17, 15) is 9.59 Å². The van der Waals surface area contributed by atoms with Crippen molar-refractivity contribution in [2.45, 2.75) is 12.8 Å². The van der Waals surface area contributed by atoms with Crippen LogP contribution in [0, 0.1) is 5.41 Å². The second-order valence-electron chi connectivity index (χ2n) is 8.13. The predicted molar refractivity (Wildman–Crippen MR) is 123 cm³/mol. The Hall–Kier alpha value is -3.67. The molecule has 1 aliphatic rings. The van der Waals surface area contributed by atoms with E-state index in [4.69, 9.17) is 4.74 Å². The molecular formula is C26H27N3O3. The van der Waals surface area contributed by atoms with Crippen molar-refractivity contribution in [3.8, 4) is 16.9 Å². The van der Waals surface area contributed by atoms with Crippen LogP contribution in [-0.4, -0.2) is 48.9 Å². The summed E-state index contributed by atoms with van der Waals surface area (Å²) in [5.41, 5.74) is 2.88. The summed E-state index contributed by atoms with van der Waals surface area (Å²) in [6.07, 6.45) is 2.78. The average Bonchev–Trinajstić information content (AvgIpc) is 3.29. The third kappa shape index (κ3) is 4.21. The molecule has 0 radical (unpaired) electrons. The molecular weight excluding hydrogens is 402 g/mol. The van der Waals surface area contributed by atoms with E-state index in [-0.39, 0.29) is 11.8 Å². The van der Waals surface area contributed by atoms with Crippen LogP contribution >= 0.6 is 0 Å². The highest BCUT2D eigenvalue weighted by Crippen LogP contribution is 2.36. The number of carbonyl (C=O) groups is 2. The summed E-state index contributed by atoms with van der Waals surface area (Å²) >= 11 is 0. The lowest BCUT2D eigenvalue weighted by molar-refractivity contribution is -0.129. The number of aromatic nitrogens is 1. The van der Waals surface area contributed by atoms with Gasteiger partial charge in [0.25, 0.3) is 5.91 Å². The molecule has 164 valence electrons. The van der Waals surface area contributed by atoms with Crippen molar-refractivity contribution in [3.05, 3.63) is 84.2 Å². The first-order chi connectivity index (χ1) is 15.6. The largest absolute Gasteiger partial charge is 0.496 e. The molecule has 4 rings (SSSR count). The van der Waals surface area contributed by atoms with Crippen LogP contribution in [0.4, 0.5) is 0 Å². The summed E-state index contributed by atoms with van der Waals surface area (Å²) in [4.78, 5) is 31.7. The molecule has 0 spiro atoms. The predicted octanol–water partition coefficient (Wildman–Crippen LogP) is 3.58. The molecule has 2 amide bonds. The highest BCUT2D eigenvalue weighted by atomic mass is 16.5. The Morgan fingerprint density at radius 1 is 1.06 bits per heavy atom. The summed E-state index contributed by atoms with van der Waals surface area (Å²) in [5, 5.41) is 2.81. The maximum Gasteiger partial charge on any atom is 0.272 e. The number of nitrogens with zero attached hydrogens (tertiary/aromatic N) is 2. The minimum absolute atomic E-state index is 0.0392. The molecule has 1 fully saturated rings. The number of amides is 2. The number of hydrogen-bond donors (Lipinski definition) is 1. The Morgan fingerprint density at radius 2 is 1.81 bits per heavy atom. The van der Waals surface area contributed by atoms with Crippen LogP contribution in [0.15, 0.2) is 72.9 Å². The van der Waals surface area contributed by atoms with Crippen LogP contribution in [0.25, 0.3) is 11.1 Å². The van der Waals surface area contributed by atoms with E-state index in [1.807, 2.05) is 24.3 Å². The quantitative estimate of drug-likeness (QED) is 0.650. The monoisotopic (exact) mass is 429 g/mol. The van der Waals surface area contributed by atoms with E-state index in [1.54, 1.807) is 43.5 Å². The van der Waals surface area contributed by atoms with Crippen LogP contribution in [0.5, 0.6) is 5.75 Å². The molecule has 1 aromatic heterocycles. The lowest BCUT2D eigenvalue weighted by atomic mass is 9.79. The zero-order chi connectivity index (χ0) is 22.6. The first-order valence-corrected chi connectivity index (χ1v) is 10.7. The Kier molecular flexibility index (Phi) is 6.21. The summed E-state index contributed by atoms with van der Waals surface area (Å²) < 4.78 is 5.47. The molecule has 0 unspecified atom stereocenters. The minimum atomic E-state index is -0.662. The van der Waals surface area contributed by atoms with Gasteiger partial charge in [0.1, 0.15) is 11.4 Å². The fourth-order valence-corrected chi connectivity index (χ4v) is 4.45. The van der Waals surface area contributed by atoms with Gasteiger partial charge >= 0.3 is 0 Å². The van der Waals surface area contributed by atoms with Gasteiger partial charge in [0.15, 0.2) is 0 Å². The molecule has 0 aliphatic carbocycles. The molecule has 1 atom stereocenters. The standard InChI is InChI=1S/C26H27N3O3/c1-27-25(31)26(14-16-29(18-26)24(30)22-8-5-6-15-28-22)17-19-10-12-20(13-11-19)21-7-3-4-9-23(21)32-2/h3-13,15H,14,16-18H2,1-2H3,(H,27,31)/t26-/m1/s1. The highest BCUT2D eigenvalue weighted by Gasteiger charge is 2.45. The van der Waals surface area contributed by atoms with Gasteiger partial charge in [-0.1, -0.05) is 48.5 Å². The van der Waals surface area contributed by atoms with Gasteiger partial charge < -0.3 is 15.0 Å². The van der Waals surface area contributed by atoms with Gasteiger partial charge in [-0.25, -0.2) is 0 Å². The van der Waals surface area contributed by atoms with Crippen LogP contribution < -0.4 is 10.1 Å². The van der Waals surface area contributed by atoms with Gasteiger partial charge in [0.2, 0.25) is 5.91 Å². The van der Waals surface area contributed by atoms with Gasteiger partial charge in [0.05, 0.1) is 12.5 Å². The van der Waals surface area contributed by atoms with Crippen molar-refractivity contribution in [1.29, 1.82) is 0 Å². The zero-order valence-corrected chi connectivity index (χ0v) is 18.4. The first-order valence-electron chi connectivity index (χ1n) is 10.7. The molecule has 1 aliphatic heterocycles. The lowest BCUT2D eigenvalue weighted by Gasteiger charge is -2.27. The summed E-state index contributed by atoms with van der Waals surface area (Å²) in [7, 11) is 3.32. The van der Waals surface area contributed by atoms with Crippen molar-refractivity contribution in [3.63, 3.8) is 0 Å². The number of hydrogen-bond acceptors (Lipinski definition) is 4. The van der Waals surface area contributed by atoms with Crippen LogP contribution in [-0.2, 0) is 11.2 Å². The lowest BCUT2D eigenvalue weighted by Crippen LogP contribution is -2.44. The van der Waals surface area contributed by atoms with Gasteiger partial charge in [-0.3, -0.25) is 14.6 Å². The summed E-state index contributed by atoms with van der Waals surface area (Å²) in [6, 6.07) is 21.4. The van der Waals surface area contributed by atoms with Crippen molar-refractivity contribution in [2.24, 2.45) is 5.41 Å². The molecule has 2 heterocycles. The van der Waals surface area contributed by atoms with Crippen LogP contribution in [0.1, 0.15) is 22.5 Å².